The van der Waals surface area contributed by atoms with E-state index in [4.69, 9.17) is 11.6 Å². The lowest BCUT2D eigenvalue weighted by Crippen LogP contribution is -2.29. The molecule has 0 fully saturated rings. The lowest BCUT2D eigenvalue weighted by atomic mass is 10.2. The lowest BCUT2D eigenvalue weighted by molar-refractivity contribution is -0.121. The van der Waals surface area contributed by atoms with Gasteiger partial charge in [-0.1, -0.05) is 48.0 Å². The molecule has 0 radical (unpaired) electrons. The Balaban J connectivity index is 1.66. The van der Waals surface area contributed by atoms with Gasteiger partial charge in [-0.2, -0.15) is 10.2 Å². The first-order valence-electron chi connectivity index (χ1n) is 8.29. The van der Waals surface area contributed by atoms with Crippen molar-refractivity contribution in [2.45, 2.75) is 20.0 Å². The molecule has 1 amide bonds. The van der Waals surface area contributed by atoms with Crippen molar-refractivity contribution in [3.05, 3.63) is 87.1 Å². The monoisotopic (exact) mass is 383 g/mol. The maximum atomic E-state index is 11.9. The van der Waals surface area contributed by atoms with E-state index in [-0.39, 0.29) is 12.1 Å². The Kier molecular flexibility index (Phi) is 5.83. The molecule has 2 heterocycles. The molecular weight excluding hydrogens is 366 g/mol. The first kappa shape index (κ1) is 18.6. The van der Waals surface area contributed by atoms with E-state index < -0.39 is 5.91 Å². The van der Waals surface area contributed by atoms with Crippen LogP contribution >= 0.6 is 11.6 Å². The Morgan fingerprint density at radius 3 is 2.70 bits per heavy atom. The van der Waals surface area contributed by atoms with E-state index in [2.05, 4.69) is 15.6 Å². The molecule has 0 spiro atoms. The predicted octanol–water partition coefficient (Wildman–Crippen LogP) is 2.21. The number of rotatable bonds is 6. The molecule has 0 saturated heterocycles. The number of amides is 1. The van der Waals surface area contributed by atoms with Gasteiger partial charge in [0.05, 0.1) is 24.0 Å². The molecule has 0 atom stereocenters. The summed E-state index contributed by atoms with van der Waals surface area (Å²) in [6.45, 7) is 2.24. The summed E-state index contributed by atoms with van der Waals surface area (Å²) < 4.78 is 2.97. The molecule has 0 saturated carbocycles. The number of carbonyl (C=O) groups excluding carboxylic acids is 1. The molecule has 1 N–H and O–H groups in total. The minimum absolute atomic E-state index is 0.114. The molecule has 2 aromatic heterocycles. The van der Waals surface area contributed by atoms with E-state index in [1.54, 1.807) is 23.0 Å². The molecule has 0 aliphatic carbocycles. The van der Waals surface area contributed by atoms with Crippen molar-refractivity contribution in [3.63, 3.8) is 0 Å². The number of nitrogens with zero attached hydrogens (tertiary/aromatic N) is 4. The topological polar surface area (TPSA) is 81.3 Å². The minimum Gasteiger partial charge on any atom is -0.306 e. The number of benzene rings is 1. The van der Waals surface area contributed by atoms with Crippen LogP contribution in [0.25, 0.3) is 0 Å². The molecule has 0 aliphatic heterocycles. The molecule has 3 rings (SSSR count). The highest BCUT2D eigenvalue weighted by molar-refractivity contribution is 6.32. The second-order valence-electron chi connectivity index (χ2n) is 5.89. The van der Waals surface area contributed by atoms with Gasteiger partial charge < -0.3 is 4.57 Å². The molecule has 0 unspecified atom stereocenters. The fraction of sp³-hybridized carbons (Fsp3) is 0.158. The number of halogens is 1. The summed E-state index contributed by atoms with van der Waals surface area (Å²) >= 11 is 6.40. The van der Waals surface area contributed by atoms with Crippen molar-refractivity contribution >= 4 is 23.7 Å². The van der Waals surface area contributed by atoms with Gasteiger partial charge in [0.15, 0.2) is 0 Å². The number of aryl methyl sites for hydroxylation is 1. The predicted molar refractivity (Wildman–Crippen MR) is 104 cm³/mol. The van der Waals surface area contributed by atoms with Gasteiger partial charge in [0, 0.05) is 12.3 Å². The summed E-state index contributed by atoms with van der Waals surface area (Å²) in [7, 11) is 0. The smallest absolute Gasteiger partial charge is 0.260 e. The highest BCUT2D eigenvalue weighted by Crippen LogP contribution is 2.19. The van der Waals surface area contributed by atoms with Gasteiger partial charge in [0.2, 0.25) is 0 Å². The zero-order valence-electron chi connectivity index (χ0n) is 14.7. The van der Waals surface area contributed by atoms with E-state index >= 15 is 0 Å². The summed E-state index contributed by atoms with van der Waals surface area (Å²) in [6.07, 6.45) is 3.00. The van der Waals surface area contributed by atoms with Gasteiger partial charge in [0.25, 0.3) is 11.5 Å². The number of hydrogen-bond donors (Lipinski definition) is 1. The molecule has 7 nitrogen and oxygen atoms in total. The third-order valence-electron chi connectivity index (χ3n) is 3.88. The van der Waals surface area contributed by atoms with Crippen molar-refractivity contribution in [2.24, 2.45) is 5.10 Å². The van der Waals surface area contributed by atoms with Crippen LogP contribution in [-0.4, -0.2) is 26.5 Å². The minimum atomic E-state index is -0.412. The Morgan fingerprint density at radius 1 is 1.22 bits per heavy atom. The quantitative estimate of drug-likeness (QED) is 0.523. The van der Waals surface area contributed by atoms with E-state index in [0.717, 1.165) is 5.56 Å². The van der Waals surface area contributed by atoms with Crippen LogP contribution in [0, 0.1) is 6.92 Å². The fourth-order valence-corrected chi connectivity index (χ4v) is 2.81. The van der Waals surface area contributed by atoms with E-state index in [0.29, 0.717) is 23.0 Å². The number of hydrazone groups is 1. The van der Waals surface area contributed by atoms with Gasteiger partial charge in [-0.05, 0) is 18.6 Å². The zero-order chi connectivity index (χ0) is 19.2. The number of aromatic nitrogens is 3. The largest absolute Gasteiger partial charge is 0.306 e. The Morgan fingerprint density at radius 2 is 1.96 bits per heavy atom. The molecule has 8 heteroatoms. The highest BCUT2D eigenvalue weighted by atomic mass is 35.5. The summed E-state index contributed by atoms with van der Waals surface area (Å²) in [4.78, 5) is 23.5. The van der Waals surface area contributed by atoms with E-state index in [1.165, 1.54) is 16.8 Å². The summed E-state index contributed by atoms with van der Waals surface area (Å²) in [5.74, 6) is -0.412. The van der Waals surface area contributed by atoms with Gasteiger partial charge >= 0.3 is 0 Å². The lowest BCUT2D eigenvalue weighted by Gasteiger charge is -2.03. The van der Waals surface area contributed by atoms with Crippen LogP contribution in [0.1, 0.15) is 16.8 Å². The van der Waals surface area contributed by atoms with Gasteiger partial charge in [0.1, 0.15) is 11.7 Å². The molecule has 138 valence electrons. The standard InChI is InChI=1S/C19H18ClN5O2/c1-14-16(19(20)25(23-14)12-15-7-3-2-4-8-15)11-21-22-17(26)13-24-10-6-5-9-18(24)27/h2-11H,12-13H2,1H3,(H,22,26)/b21-11-. The van der Waals surface area contributed by atoms with E-state index in [9.17, 15) is 9.59 Å². The van der Waals surface area contributed by atoms with Crippen molar-refractivity contribution in [1.29, 1.82) is 0 Å². The van der Waals surface area contributed by atoms with Crippen molar-refractivity contribution in [2.75, 3.05) is 0 Å². The van der Waals surface area contributed by atoms with E-state index in [1.807, 2.05) is 37.3 Å². The average molecular weight is 384 g/mol. The third kappa shape index (κ3) is 4.71. The maximum absolute atomic E-state index is 11.9. The van der Waals surface area contributed by atoms with Crippen LogP contribution in [-0.2, 0) is 17.9 Å². The molecule has 1 aromatic carbocycles. The van der Waals surface area contributed by atoms with Crippen LogP contribution in [0.4, 0.5) is 0 Å². The third-order valence-corrected chi connectivity index (χ3v) is 4.28. The Labute approximate surface area is 160 Å². The summed E-state index contributed by atoms with van der Waals surface area (Å²) in [5.41, 5.74) is 4.55. The average Bonchev–Trinajstić information content (AvgIpc) is 2.92. The molecule has 0 bridgehead atoms. The van der Waals surface area contributed by atoms with Crippen molar-refractivity contribution < 1.29 is 4.79 Å². The number of nitrogens with one attached hydrogen (secondary N) is 1. The highest BCUT2D eigenvalue weighted by Gasteiger charge is 2.12. The molecule has 3 aromatic rings. The van der Waals surface area contributed by atoms with Gasteiger partial charge in [-0.25, -0.2) is 10.1 Å². The molecule has 27 heavy (non-hydrogen) atoms. The van der Waals surface area contributed by atoms with Crippen LogP contribution in [0.3, 0.4) is 0 Å². The SMILES string of the molecule is Cc1nn(Cc2ccccc2)c(Cl)c1/C=N\NC(=O)Cn1ccccc1=O. The number of carbonyl (C=O) groups is 1. The second-order valence-corrected chi connectivity index (χ2v) is 6.25. The molecule has 0 aliphatic rings. The number of hydrogen-bond acceptors (Lipinski definition) is 4. The van der Waals surface area contributed by atoms with Crippen molar-refractivity contribution in [1.82, 2.24) is 19.8 Å². The van der Waals surface area contributed by atoms with Gasteiger partial charge in [-0.15, -0.1) is 0 Å². The van der Waals surface area contributed by atoms with Crippen molar-refractivity contribution in [3.8, 4) is 0 Å². The first-order chi connectivity index (χ1) is 13.0. The first-order valence-corrected chi connectivity index (χ1v) is 8.66. The zero-order valence-corrected chi connectivity index (χ0v) is 15.4. The Bertz CT molecular complexity index is 1020. The van der Waals surface area contributed by atoms with Crippen LogP contribution < -0.4 is 11.0 Å². The second kappa shape index (κ2) is 8.46. The van der Waals surface area contributed by atoms with Crippen LogP contribution in [0.15, 0.2) is 64.6 Å². The maximum Gasteiger partial charge on any atom is 0.260 e. The molecular formula is C19H18ClN5O2. The van der Waals surface area contributed by atoms with Gasteiger partial charge in [-0.3, -0.25) is 9.59 Å². The van der Waals surface area contributed by atoms with Crippen LogP contribution in [0.5, 0.6) is 0 Å². The summed E-state index contributed by atoms with van der Waals surface area (Å²) in [6, 6.07) is 14.5. The summed E-state index contributed by atoms with van der Waals surface area (Å²) in [5, 5.41) is 8.79. The van der Waals surface area contributed by atoms with Crippen LogP contribution in [0.2, 0.25) is 5.15 Å². The Hall–Kier alpha value is -3.19. The fourth-order valence-electron chi connectivity index (χ4n) is 2.53. The number of pyridine rings is 1. The normalized spacial score (nSPS) is 11.0.